The van der Waals surface area contributed by atoms with Crippen LogP contribution >= 0.6 is 35.3 Å². The molecular weight excluding hydrogens is 410 g/mol. The lowest BCUT2D eigenvalue weighted by molar-refractivity contribution is 0.102. The van der Waals surface area contributed by atoms with Gasteiger partial charge in [0.05, 0.1) is 11.4 Å². The molecule has 148 valence electrons. The zero-order chi connectivity index (χ0) is 20.1. The Morgan fingerprint density at radius 1 is 1.29 bits per heavy atom. The van der Waals surface area contributed by atoms with Gasteiger partial charge in [0.1, 0.15) is 0 Å². The number of aryl methyl sites for hydroxylation is 1. The van der Waals surface area contributed by atoms with Crippen LogP contribution in [0.1, 0.15) is 28.2 Å². The summed E-state index contributed by atoms with van der Waals surface area (Å²) < 4.78 is 10.5. The molecule has 2 aromatic heterocycles. The Morgan fingerprint density at radius 3 is 2.75 bits per heavy atom. The number of ketones is 1. The number of para-hydroxylation sites is 1. The van der Waals surface area contributed by atoms with Gasteiger partial charge in [-0.2, -0.15) is 0 Å². The van der Waals surface area contributed by atoms with Crippen LogP contribution in [0.25, 0.3) is 5.69 Å². The molecule has 5 nitrogen and oxygen atoms in total. The van der Waals surface area contributed by atoms with E-state index in [1.807, 2.05) is 50.2 Å². The number of hydrogen-bond acceptors (Lipinski definition) is 6. The Bertz CT molecular complexity index is 1010. The molecule has 0 amide bonds. The Kier molecular flexibility index (Phi) is 7.23. The maximum absolute atomic E-state index is 12.8. The van der Waals surface area contributed by atoms with Crippen LogP contribution < -0.4 is 0 Å². The number of carbonyl (C=O) groups excluding carboxylic acids is 1. The lowest BCUT2D eigenvalue weighted by Gasteiger charge is -2.09. The normalized spacial score (nSPS) is 11.1. The van der Waals surface area contributed by atoms with E-state index in [1.54, 1.807) is 11.8 Å². The summed E-state index contributed by atoms with van der Waals surface area (Å²) >= 11 is 8.30. The summed E-state index contributed by atoms with van der Waals surface area (Å²) in [6.07, 6.45) is 0.926. The minimum absolute atomic E-state index is 0.114. The first-order valence-electron chi connectivity index (χ1n) is 8.98. The highest BCUT2D eigenvalue weighted by Crippen LogP contribution is 2.26. The number of rotatable bonds is 9. The van der Waals surface area contributed by atoms with Gasteiger partial charge >= 0.3 is 0 Å². The van der Waals surface area contributed by atoms with E-state index in [4.69, 9.17) is 17.0 Å². The number of ether oxygens (including phenoxy) is 1. The van der Waals surface area contributed by atoms with Gasteiger partial charge in [0.15, 0.2) is 14.1 Å². The van der Waals surface area contributed by atoms with E-state index in [0.717, 1.165) is 39.9 Å². The topological polar surface area (TPSA) is 49.1 Å². The largest absolute Gasteiger partial charge is 0.385 e. The van der Waals surface area contributed by atoms with Crippen LogP contribution in [0.2, 0.25) is 0 Å². The summed E-state index contributed by atoms with van der Waals surface area (Å²) in [5.41, 5.74) is 3.84. The predicted molar refractivity (Wildman–Crippen MR) is 118 cm³/mol. The van der Waals surface area contributed by atoms with Crippen molar-refractivity contribution in [2.24, 2.45) is 0 Å². The fourth-order valence-electron chi connectivity index (χ4n) is 3.05. The van der Waals surface area contributed by atoms with Gasteiger partial charge in [-0.15, -0.1) is 5.10 Å². The third-order valence-corrected chi connectivity index (χ3v) is 6.83. The van der Waals surface area contributed by atoms with Crippen molar-refractivity contribution in [1.29, 1.82) is 0 Å². The molecule has 8 heteroatoms. The molecule has 0 atom stereocenters. The van der Waals surface area contributed by atoms with Gasteiger partial charge in [0.2, 0.25) is 0 Å². The van der Waals surface area contributed by atoms with Crippen LogP contribution in [-0.2, 0) is 11.3 Å². The van der Waals surface area contributed by atoms with Crippen molar-refractivity contribution in [3.05, 3.63) is 57.3 Å². The number of nitrogens with zero attached hydrogens (tertiary/aromatic N) is 3. The molecule has 0 N–H and O–H groups in total. The van der Waals surface area contributed by atoms with Gasteiger partial charge in [-0.25, -0.2) is 4.68 Å². The number of hydrogen-bond donors (Lipinski definition) is 0. The summed E-state index contributed by atoms with van der Waals surface area (Å²) in [5, 5.41) is 4.56. The number of carbonyl (C=O) groups is 1. The average molecular weight is 434 g/mol. The average Bonchev–Trinajstić information content (AvgIpc) is 3.21. The highest BCUT2D eigenvalue weighted by atomic mass is 32.2. The monoisotopic (exact) mass is 433 g/mol. The minimum atomic E-state index is 0.114. The van der Waals surface area contributed by atoms with Gasteiger partial charge in [-0.05, 0) is 50.7 Å². The minimum Gasteiger partial charge on any atom is -0.385 e. The molecule has 1 aromatic carbocycles. The summed E-state index contributed by atoms with van der Waals surface area (Å²) in [4.78, 5) is 12.8. The predicted octanol–water partition coefficient (Wildman–Crippen LogP) is 5.09. The fraction of sp³-hybridized carbons (Fsp3) is 0.350. The fourth-order valence-corrected chi connectivity index (χ4v) is 5.30. The highest BCUT2D eigenvalue weighted by molar-refractivity contribution is 8.01. The van der Waals surface area contributed by atoms with E-state index in [9.17, 15) is 4.79 Å². The number of benzene rings is 1. The number of aromatic nitrogens is 3. The lowest BCUT2D eigenvalue weighted by Crippen LogP contribution is -2.08. The maximum atomic E-state index is 12.8. The molecule has 28 heavy (non-hydrogen) atoms. The van der Waals surface area contributed by atoms with Crippen molar-refractivity contribution < 1.29 is 9.53 Å². The Hall–Kier alpha value is -1.74. The molecule has 3 rings (SSSR count). The number of methoxy groups -OCH3 is 1. The van der Waals surface area contributed by atoms with Crippen LogP contribution in [0.3, 0.4) is 0 Å². The van der Waals surface area contributed by atoms with Crippen molar-refractivity contribution in [2.45, 2.75) is 31.2 Å². The second-order valence-electron chi connectivity index (χ2n) is 6.38. The molecule has 0 saturated heterocycles. The van der Waals surface area contributed by atoms with E-state index in [0.29, 0.717) is 16.3 Å². The zero-order valence-corrected chi connectivity index (χ0v) is 18.6. The molecule has 0 radical (unpaired) electrons. The molecule has 0 bridgehead atoms. The quantitative estimate of drug-likeness (QED) is 0.203. The summed E-state index contributed by atoms with van der Waals surface area (Å²) in [6.45, 7) is 5.61. The molecule has 0 saturated carbocycles. The zero-order valence-electron chi connectivity index (χ0n) is 16.2. The third-order valence-electron chi connectivity index (χ3n) is 4.46. The first kappa shape index (κ1) is 21.0. The molecular formula is C20H23N3O2S3. The van der Waals surface area contributed by atoms with Crippen LogP contribution in [0.5, 0.6) is 0 Å². The summed E-state index contributed by atoms with van der Waals surface area (Å²) in [7, 11) is 1.70. The van der Waals surface area contributed by atoms with Crippen molar-refractivity contribution in [1.82, 2.24) is 14.3 Å². The Labute approximate surface area is 178 Å². The molecule has 0 aliphatic heterocycles. The smallest absolute Gasteiger partial charge is 0.184 e. The van der Waals surface area contributed by atoms with E-state index in [2.05, 4.69) is 9.67 Å². The number of Topliss-reactive ketones (excluding diaryl/α,β-unsaturated/α-hetero) is 1. The van der Waals surface area contributed by atoms with Crippen LogP contribution in [0.15, 0.2) is 40.7 Å². The van der Waals surface area contributed by atoms with Gasteiger partial charge in [-0.1, -0.05) is 41.3 Å². The second-order valence-corrected chi connectivity index (χ2v) is 9.22. The van der Waals surface area contributed by atoms with E-state index in [-0.39, 0.29) is 5.78 Å². The first-order valence-corrected chi connectivity index (χ1v) is 11.2. The molecule has 0 aliphatic carbocycles. The second kappa shape index (κ2) is 9.65. The van der Waals surface area contributed by atoms with Gasteiger partial charge in [0, 0.05) is 37.2 Å². The molecule has 2 heterocycles. The molecule has 3 aromatic rings. The van der Waals surface area contributed by atoms with Crippen molar-refractivity contribution in [3.63, 3.8) is 0 Å². The molecule has 0 spiro atoms. The van der Waals surface area contributed by atoms with Gasteiger partial charge < -0.3 is 9.30 Å². The van der Waals surface area contributed by atoms with Crippen molar-refractivity contribution in [3.8, 4) is 5.69 Å². The Balaban J connectivity index is 1.68. The standard InChI is InChI=1S/C20H23N3O2S3/c1-14-12-17(15(2)22(14)10-7-11-25-3)18(24)13-27-19-21-23(20(26)28-19)16-8-5-4-6-9-16/h4-6,8-9,12H,7,10-11,13H2,1-3H3. The molecule has 0 aliphatic rings. The third kappa shape index (κ3) is 4.81. The highest BCUT2D eigenvalue weighted by Gasteiger charge is 2.17. The summed E-state index contributed by atoms with van der Waals surface area (Å²) in [5.74, 6) is 0.461. The lowest BCUT2D eigenvalue weighted by atomic mass is 10.2. The van der Waals surface area contributed by atoms with E-state index >= 15 is 0 Å². The Morgan fingerprint density at radius 2 is 2.04 bits per heavy atom. The first-order chi connectivity index (χ1) is 13.5. The van der Waals surface area contributed by atoms with Gasteiger partial charge in [-0.3, -0.25) is 4.79 Å². The van der Waals surface area contributed by atoms with E-state index < -0.39 is 0 Å². The molecule has 0 fully saturated rings. The van der Waals surface area contributed by atoms with E-state index in [1.165, 1.54) is 23.1 Å². The SMILES string of the molecule is COCCCn1c(C)cc(C(=O)CSc2nn(-c3ccccc3)c(=S)s2)c1C. The van der Waals surface area contributed by atoms with Crippen molar-refractivity contribution >= 4 is 41.1 Å². The van der Waals surface area contributed by atoms with Crippen molar-refractivity contribution in [2.75, 3.05) is 19.5 Å². The van der Waals surface area contributed by atoms with Crippen LogP contribution in [0, 0.1) is 17.8 Å². The maximum Gasteiger partial charge on any atom is 0.184 e. The van der Waals surface area contributed by atoms with Gasteiger partial charge in [0.25, 0.3) is 0 Å². The van der Waals surface area contributed by atoms with Crippen LogP contribution in [0.4, 0.5) is 0 Å². The molecule has 0 unspecified atom stereocenters. The summed E-state index contributed by atoms with van der Waals surface area (Å²) in [6, 6.07) is 11.8. The number of thioether (sulfide) groups is 1. The van der Waals surface area contributed by atoms with Crippen LogP contribution in [-0.4, -0.2) is 39.6 Å².